The molecule has 0 unspecified atom stereocenters. The third-order valence-corrected chi connectivity index (χ3v) is 2.65. The van der Waals surface area contributed by atoms with Crippen molar-refractivity contribution < 1.29 is 4.79 Å². The molecule has 0 fully saturated rings. The van der Waals surface area contributed by atoms with Crippen LogP contribution in [0.1, 0.15) is 10.4 Å². The van der Waals surface area contributed by atoms with Crippen molar-refractivity contribution in [3.8, 4) is 0 Å². The second-order valence-corrected chi connectivity index (χ2v) is 3.92. The highest BCUT2D eigenvalue weighted by Crippen LogP contribution is 2.13. The van der Waals surface area contributed by atoms with Crippen LogP contribution in [0.2, 0.25) is 0 Å². The molecule has 2 rings (SSSR count). The van der Waals surface area contributed by atoms with Crippen LogP contribution in [0, 0.1) is 0 Å². The number of carbonyl (C=O) groups is 1. The van der Waals surface area contributed by atoms with E-state index in [-0.39, 0.29) is 5.91 Å². The molecule has 0 saturated heterocycles. The van der Waals surface area contributed by atoms with Gasteiger partial charge in [-0.15, -0.1) is 13.2 Å². The van der Waals surface area contributed by atoms with Gasteiger partial charge in [0.25, 0.3) is 5.91 Å². The van der Waals surface area contributed by atoms with Gasteiger partial charge in [0.05, 0.1) is 17.4 Å². The van der Waals surface area contributed by atoms with Gasteiger partial charge < -0.3 is 9.88 Å². The molecule has 4 nitrogen and oxygen atoms in total. The summed E-state index contributed by atoms with van der Waals surface area (Å²) in [5.74, 6) is -0.0358. The van der Waals surface area contributed by atoms with Gasteiger partial charge >= 0.3 is 0 Å². The highest BCUT2D eigenvalue weighted by Gasteiger charge is 2.13. The number of hydrogen-bond donors (Lipinski definition) is 1. The Bertz CT molecular complexity index is 575. The Morgan fingerprint density at radius 1 is 1.33 bits per heavy atom. The van der Waals surface area contributed by atoms with E-state index in [2.05, 4.69) is 23.1 Å². The monoisotopic (exact) mass is 241 g/mol. The molecular formula is C14H15N3O. The minimum absolute atomic E-state index is 0.0358. The Labute approximate surface area is 106 Å². The van der Waals surface area contributed by atoms with E-state index in [1.807, 2.05) is 12.1 Å². The summed E-state index contributed by atoms with van der Waals surface area (Å²) in [6.45, 7) is 8.32. The van der Waals surface area contributed by atoms with E-state index in [4.69, 9.17) is 0 Å². The molecular weight excluding hydrogens is 226 g/mol. The molecule has 92 valence electrons. The smallest absolute Gasteiger partial charge is 0.254 e. The minimum atomic E-state index is -0.0358. The summed E-state index contributed by atoms with van der Waals surface area (Å²) in [7, 11) is 0. The van der Waals surface area contributed by atoms with Gasteiger partial charge in [0.1, 0.15) is 0 Å². The Morgan fingerprint density at radius 2 is 2.06 bits per heavy atom. The number of hydrogen-bond acceptors (Lipinski definition) is 2. The van der Waals surface area contributed by atoms with E-state index in [1.54, 1.807) is 29.4 Å². The van der Waals surface area contributed by atoms with Crippen LogP contribution < -0.4 is 0 Å². The predicted octanol–water partition coefficient (Wildman–Crippen LogP) is 2.38. The second kappa shape index (κ2) is 5.31. The fourth-order valence-electron chi connectivity index (χ4n) is 1.80. The van der Waals surface area contributed by atoms with Crippen molar-refractivity contribution in [1.82, 2.24) is 14.9 Å². The molecule has 4 heteroatoms. The van der Waals surface area contributed by atoms with Crippen molar-refractivity contribution in [3.63, 3.8) is 0 Å². The zero-order valence-corrected chi connectivity index (χ0v) is 10.1. The number of nitrogens with one attached hydrogen (secondary N) is 1. The summed E-state index contributed by atoms with van der Waals surface area (Å²) in [6, 6.07) is 5.42. The Kier molecular flexibility index (Phi) is 3.57. The van der Waals surface area contributed by atoms with Gasteiger partial charge in [-0.05, 0) is 18.2 Å². The molecule has 1 aromatic heterocycles. The number of aromatic nitrogens is 2. The lowest BCUT2D eigenvalue weighted by Gasteiger charge is -2.19. The standard InChI is InChI=1S/C14H15N3O/c1-3-7-17(8-4-2)14(18)11-5-6-12-13(9-11)16-10-15-12/h3-6,9-10H,1-2,7-8H2,(H,15,16). The number of rotatable bonds is 5. The largest absolute Gasteiger partial charge is 0.345 e. The van der Waals surface area contributed by atoms with Crippen LogP contribution in [-0.4, -0.2) is 33.9 Å². The number of H-pyrrole nitrogens is 1. The van der Waals surface area contributed by atoms with E-state index in [1.165, 1.54) is 0 Å². The molecule has 1 N–H and O–H groups in total. The summed E-state index contributed by atoms with van der Waals surface area (Å²) in [5.41, 5.74) is 2.35. The van der Waals surface area contributed by atoms with Crippen molar-refractivity contribution >= 4 is 16.9 Å². The summed E-state index contributed by atoms with van der Waals surface area (Å²) in [6.07, 6.45) is 5.02. The maximum absolute atomic E-state index is 12.3. The van der Waals surface area contributed by atoms with E-state index in [0.717, 1.165) is 11.0 Å². The zero-order valence-electron chi connectivity index (χ0n) is 10.1. The van der Waals surface area contributed by atoms with Crippen LogP contribution in [0.4, 0.5) is 0 Å². The highest BCUT2D eigenvalue weighted by atomic mass is 16.2. The van der Waals surface area contributed by atoms with Crippen molar-refractivity contribution in [2.75, 3.05) is 13.1 Å². The molecule has 0 spiro atoms. The van der Waals surface area contributed by atoms with Crippen molar-refractivity contribution in [3.05, 3.63) is 55.4 Å². The van der Waals surface area contributed by atoms with Gasteiger partial charge in [-0.2, -0.15) is 0 Å². The summed E-state index contributed by atoms with van der Waals surface area (Å²) in [4.78, 5) is 21.1. The third kappa shape index (κ3) is 2.32. The van der Waals surface area contributed by atoms with Crippen molar-refractivity contribution in [2.45, 2.75) is 0 Å². The quantitative estimate of drug-likeness (QED) is 0.817. The second-order valence-electron chi connectivity index (χ2n) is 3.92. The normalized spacial score (nSPS) is 10.2. The fraction of sp³-hybridized carbons (Fsp3) is 0.143. The molecule has 0 aliphatic heterocycles. The molecule has 0 aliphatic carbocycles. The number of aromatic amines is 1. The summed E-state index contributed by atoms with van der Waals surface area (Å²) >= 11 is 0. The first-order valence-electron chi connectivity index (χ1n) is 5.70. The number of benzene rings is 1. The van der Waals surface area contributed by atoms with Crippen LogP contribution in [-0.2, 0) is 0 Å². The van der Waals surface area contributed by atoms with Gasteiger partial charge in [-0.25, -0.2) is 4.98 Å². The van der Waals surface area contributed by atoms with Gasteiger partial charge in [-0.1, -0.05) is 12.2 Å². The number of fused-ring (bicyclic) bond motifs is 1. The SMILES string of the molecule is C=CCN(CC=C)C(=O)c1ccc2nc[nH]c2c1. The molecule has 1 aromatic carbocycles. The lowest BCUT2D eigenvalue weighted by atomic mass is 10.1. The molecule has 0 atom stereocenters. The van der Waals surface area contributed by atoms with E-state index in [0.29, 0.717) is 18.7 Å². The first-order valence-corrected chi connectivity index (χ1v) is 5.70. The lowest BCUT2D eigenvalue weighted by molar-refractivity contribution is 0.0791. The van der Waals surface area contributed by atoms with Gasteiger partial charge in [0.15, 0.2) is 0 Å². The molecule has 2 aromatic rings. The molecule has 1 heterocycles. The average molecular weight is 241 g/mol. The van der Waals surface area contributed by atoms with E-state index in [9.17, 15) is 4.79 Å². The number of carbonyl (C=O) groups excluding carboxylic acids is 1. The molecule has 0 bridgehead atoms. The first kappa shape index (κ1) is 12.1. The Balaban J connectivity index is 2.29. The van der Waals surface area contributed by atoms with Crippen LogP contribution in [0.3, 0.4) is 0 Å². The van der Waals surface area contributed by atoms with Gasteiger partial charge in [0, 0.05) is 18.7 Å². The molecule has 18 heavy (non-hydrogen) atoms. The predicted molar refractivity (Wildman–Crippen MR) is 72.4 cm³/mol. The molecule has 0 saturated carbocycles. The summed E-state index contributed by atoms with van der Waals surface area (Å²) in [5, 5.41) is 0. The Hall–Kier alpha value is -2.36. The van der Waals surface area contributed by atoms with E-state index >= 15 is 0 Å². The average Bonchev–Trinajstić information content (AvgIpc) is 2.84. The van der Waals surface area contributed by atoms with Gasteiger partial charge in [-0.3, -0.25) is 4.79 Å². The van der Waals surface area contributed by atoms with Gasteiger partial charge in [0.2, 0.25) is 0 Å². The zero-order chi connectivity index (χ0) is 13.0. The minimum Gasteiger partial charge on any atom is -0.345 e. The number of imidazole rings is 1. The van der Waals surface area contributed by atoms with Crippen molar-refractivity contribution in [2.24, 2.45) is 0 Å². The number of nitrogens with zero attached hydrogens (tertiary/aromatic N) is 2. The maximum atomic E-state index is 12.3. The van der Waals surface area contributed by atoms with Crippen LogP contribution >= 0.6 is 0 Å². The van der Waals surface area contributed by atoms with Crippen LogP contribution in [0.5, 0.6) is 0 Å². The Morgan fingerprint density at radius 3 is 2.72 bits per heavy atom. The van der Waals surface area contributed by atoms with Crippen molar-refractivity contribution in [1.29, 1.82) is 0 Å². The number of amides is 1. The fourth-order valence-corrected chi connectivity index (χ4v) is 1.80. The topological polar surface area (TPSA) is 49.0 Å². The lowest BCUT2D eigenvalue weighted by Crippen LogP contribution is -2.31. The van der Waals surface area contributed by atoms with E-state index < -0.39 is 0 Å². The molecule has 1 amide bonds. The third-order valence-electron chi connectivity index (χ3n) is 2.65. The van der Waals surface area contributed by atoms with Crippen LogP contribution in [0.25, 0.3) is 11.0 Å². The highest BCUT2D eigenvalue weighted by molar-refractivity contribution is 5.97. The summed E-state index contributed by atoms with van der Waals surface area (Å²) < 4.78 is 0. The first-order chi connectivity index (χ1) is 8.76. The molecule has 0 radical (unpaired) electrons. The molecule has 0 aliphatic rings. The maximum Gasteiger partial charge on any atom is 0.254 e. The van der Waals surface area contributed by atoms with Crippen LogP contribution in [0.15, 0.2) is 49.8 Å².